The zero-order valence-electron chi connectivity index (χ0n) is 10.6. The van der Waals surface area contributed by atoms with Crippen molar-refractivity contribution in [2.45, 2.75) is 6.42 Å². The normalized spacial score (nSPS) is 19.1. The number of anilines is 2. The zero-order chi connectivity index (χ0) is 13.3. The van der Waals surface area contributed by atoms with Gasteiger partial charge in [-0.05, 0) is 12.1 Å². The van der Waals surface area contributed by atoms with Gasteiger partial charge in [0.25, 0.3) is 0 Å². The molecule has 1 aliphatic rings. The van der Waals surface area contributed by atoms with Crippen molar-refractivity contribution in [2.24, 2.45) is 11.7 Å². The topological polar surface area (TPSA) is 66.6 Å². The minimum absolute atomic E-state index is 0.0481. The van der Waals surface area contributed by atoms with E-state index < -0.39 is 5.91 Å². The van der Waals surface area contributed by atoms with E-state index >= 15 is 0 Å². The van der Waals surface area contributed by atoms with Gasteiger partial charge in [0, 0.05) is 27.1 Å². The fourth-order valence-corrected chi connectivity index (χ4v) is 2.20. The Morgan fingerprint density at radius 2 is 2.06 bits per heavy atom. The lowest BCUT2D eigenvalue weighted by molar-refractivity contribution is -0.123. The molecule has 0 aromatic heterocycles. The van der Waals surface area contributed by atoms with Crippen molar-refractivity contribution < 1.29 is 9.59 Å². The Morgan fingerprint density at radius 1 is 1.39 bits per heavy atom. The predicted octanol–water partition coefficient (Wildman–Crippen LogP) is 0.591. The molecule has 1 unspecified atom stereocenters. The molecular formula is C13H17N3O2. The molecule has 0 aliphatic carbocycles. The molecule has 18 heavy (non-hydrogen) atoms. The number of amides is 2. The van der Waals surface area contributed by atoms with E-state index in [1.807, 2.05) is 43.3 Å². The maximum absolute atomic E-state index is 12.0. The molecule has 2 N–H and O–H groups in total. The number of rotatable bonds is 3. The zero-order valence-corrected chi connectivity index (χ0v) is 10.6. The summed E-state index contributed by atoms with van der Waals surface area (Å²) in [6.45, 7) is 0.374. The molecular weight excluding hydrogens is 230 g/mol. The number of hydrogen-bond acceptors (Lipinski definition) is 3. The number of para-hydroxylation sites is 2. The first-order chi connectivity index (χ1) is 8.50. The van der Waals surface area contributed by atoms with Crippen LogP contribution < -0.4 is 15.5 Å². The first-order valence-corrected chi connectivity index (χ1v) is 5.86. The number of benzene rings is 1. The van der Waals surface area contributed by atoms with Crippen LogP contribution in [0.3, 0.4) is 0 Å². The molecule has 1 aromatic rings. The third-order valence-corrected chi connectivity index (χ3v) is 3.18. The van der Waals surface area contributed by atoms with Gasteiger partial charge in [0.15, 0.2) is 0 Å². The fourth-order valence-electron chi connectivity index (χ4n) is 2.20. The molecule has 1 aromatic carbocycles. The summed E-state index contributed by atoms with van der Waals surface area (Å²) in [5, 5.41) is 0. The molecule has 2 rings (SSSR count). The van der Waals surface area contributed by atoms with E-state index in [1.165, 1.54) is 0 Å². The van der Waals surface area contributed by atoms with Crippen molar-refractivity contribution in [2.75, 3.05) is 30.4 Å². The molecule has 5 nitrogen and oxygen atoms in total. The highest BCUT2D eigenvalue weighted by molar-refractivity contribution is 6.02. The molecule has 0 spiro atoms. The third-order valence-electron chi connectivity index (χ3n) is 3.18. The molecule has 96 valence electrons. The first-order valence-electron chi connectivity index (χ1n) is 5.86. The van der Waals surface area contributed by atoms with E-state index in [0.29, 0.717) is 6.54 Å². The summed E-state index contributed by atoms with van der Waals surface area (Å²) < 4.78 is 0. The summed E-state index contributed by atoms with van der Waals surface area (Å²) in [4.78, 5) is 26.7. The highest BCUT2D eigenvalue weighted by Gasteiger charge is 2.34. The molecule has 0 saturated carbocycles. The van der Waals surface area contributed by atoms with Gasteiger partial charge in [-0.25, -0.2) is 0 Å². The number of carbonyl (C=O) groups excluding carboxylic acids is 2. The van der Waals surface area contributed by atoms with Crippen molar-refractivity contribution in [1.82, 2.24) is 0 Å². The fraction of sp³-hybridized carbons (Fsp3) is 0.385. The van der Waals surface area contributed by atoms with Gasteiger partial charge in [-0.15, -0.1) is 0 Å². The van der Waals surface area contributed by atoms with Gasteiger partial charge in [-0.3, -0.25) is 9.59 Å². The van der Waals surface area contributed by atoms with Gasteiger partial charge in [-0.1, -0.05) is 12.1 Å². The van der Waals surface area contributed by atoms with Crippen LogP contribution in [0.15, 0.2) is 24.3 Å². The van der Waals surface area contributed by atoms with Crippen LogP contribution in [0.25, 0.3) is 0 Å². The smallest absolute Gasteiger partial charge is 0.227 e. The van der Waals surface area contributed by atoms with E-state index in [2.05, 4.69) is 0 Å². The highest BCUT2D eigenvalue weighted by Crippen LogP contribution is 2.32. The van der Waals surface area contributed by atoms with Crippen molar-refractivity contribution in [3.8, 4) is 0 Å². The molecule has 1 aliphatic heterocycles. The molecule has 1 fully saturated rings. The Bertz CT molecular complexity index is 485. The number of primary amides is 1. The lowest BCUT2D eigenvalue weighted by Crippen LogP contribution is -2.29. The van der Waals surface area contributed by atoms with Gasteiger partial charge in [-0.2, -0.15) is 0 Å². The van der Waals surface area contributed by atoms with Crippen molar-refractivity contribution in [3.63, 3.8) is 0 Å². The Balaban J connectivity index is 2.33. The summed E-state index contributed by atoms with van der Waals surface area (Å²) in [6, 6.07) is 7.63. The van der Waals surface area contributed by atoms with Crippen molar-refractivity contribution >= 4 is 23.2 Å². The maximum atomic E-state index is 12.0. The van der Waals surface area contributed by atoms with Crippen molar-refractivity contribution in [1.29, 1.82) is 0 Å². The summed E-state index contributed by atoms with van der Waals surface area (Å²) in [6.07, 6.45) is 0.205. The third kappa shape index (κ3) is 2.16. The van der Waals surface area contributed by atoms with Gasteiger partial charge in [0.1, 0.15) is 0 Å². The lowest BCUT2D eigenvalue weighted by Gasteiger charge is -2.23. The van der Waals surface area contributed by atoms with E-state index in [1.54, 1.807) is 4.90 Å². The van der Waals surface area contributed by atoms with Crippen LogP contribution in [0.4, 0.5) is 11.4 Å². The predicted molar refractivity (Wildman–Crippen MR) is 70.4 cm³/mol. The summed E-state index contributed by atoms with van der Waals surface area (Å²) in [7, 11) is 3.84. The van der Waals surface area contributed by atoms with Crippen LogP contribution in [-0.4, -0.2) is 32.5 Å². The van der Waals surface area contributed by atoms with Crippen LogP contribution in [0.1, 0.15) is 6.42 Å². The SMILES string of the molecule is CN(C)c1ccccc1N1CC(C(N)=O)CC1=O. The monoisotopic (exact) mass is 247 g/mol. The van der Waals surface area contributed by atoms with E-state index in [-0.39, 0.29) is 18.2 Å². The summed E-state index contributed by atoms with van der Waals surface area (Å²) in [5.41, 5.74) is 7.05. The Morgan fingerprint density at radius 3 is 2.61 bits per heavy atom. The number of nitrogens with zero attached hydrogens (tertiary/aromatic N) is 2. The molecule has 1 saturated heterocycles. The van der Waals surface area contributed by atoms with Gasteiger partial charge in [0.05, 0.1) is 17.3 Å². The average Bonchev–Trinajstić information content (AvgIpc) is 2.71. The van der Waals surface area contributed by atoms with Crippen LogP contribution in [0, 0.1) is 5.92 Å². The second-order valence-corrected chi connectivity index (χ2v) is 4.69. The minimum Gasteiger partial charge on any atom is -0.376 e. The molecule has 1 heterocycles. The van der Waals surface area contributed by atoms with Crippen LogP contribution in [-0.2, 0) is 9.59 Å². The van der Waals surface area contributed by atoms with E-state index in [4.69, 9.17) is 5.73 Å². The minimum atomic E-state index is -0.409. The standard InChI is InChI=1S/C13H17N3O2/c1-15(2)10-5-3-4-6-11(10)16-8-9(13(14)18)7-12(16)17/h3-6,9H,7-8H2,1-2H3,(H2,14,18). The molecule has 0 bridgehead atoms. The Kier molecular flexibility index (Phi) is 3.23. The van der Waals surface area contributed by atoms with Gasteiger partial charge < -0.3 is 15.5 Å². The summed E-state index contributed by atoms with van der Waals surface area (Å²) in [5.74, 6) is -0.839. The van der Waals surface area contributed by atoms with Gasteiger partial charge in [0.2, 0.25) is 11.8 Å². The van der Waals surface area contributed by atoms with Crippen LogP contribution >= 0.6 is 0 Å². The second-order valence-electron chi connectivity index (χ2n) is 4.69. The maximum Gasteiger partial charge on any atom is 0.227 e. The molecule has 1 atom stereocenters. The Labute approximate surface area is 106 Å². The van der Waals surface area contributed by atoms with Crippen molar-refractivity contribution in [3.05, 3.63) is 24.3 Å². The summed E-state index contributed by atoms with van der Waals surface area (Å²) >= 11 is 0. The first kappa shape index (κ1) is 12.4. The van der Waals surface area contributed by atoms with E-state index in [9.17, 15) is 9.59 Å². The Hall–Kier alpha value is -2.04. The van der Waals surface area contributed by atoms with Gasteiger partial charge >= 0.3 is 0 Å². The molecule has 5 heteroatoms. The average molecular weight is 247 g/mol. The van der Waals surface area contributed by atoms with E-state index in [0.717, 1.165) is 11.4 Å². The molecule has 2 amide bonds. The number of carbonyl (C=O) groups is 2. The second kappa shape index (κ2) is 4.68. The quantitative estimate of drug-likeness (QED) is 0.850. The lowest BCUT2D eigenvalue weighted by atomic mass is 10.1. The van der Waals surface area contributed by atoms with Crippen LogP contribution in [0.2, 0.25) is 0 Å². The molecule has 0 radical (unpaired) electrons. The van der Waals surface area contributed by atoms with Crippen LogP contribution in [0.5, 0.6) is 0 Å². The highest BCUT2D eigenvalue weighted by atomic mass is 16.2. The number of hydrogen-bond donors (Lipinski definition) is 1. The number of nitrogens with two attached hydrogens (primary N) is 1. The largest absolute Gasteiger partial charge is 0.376 e.